The molecule has 0 spiro atoms. The van der Waals surface area contributed by atoms with Gasteiger partial charge in [-0.1, -0.05) is 43.2 Å². The van der Waals surface area contributed by atoms with E-state index < -0.39 is 0 Å². The van der Waals surface area contributed by atoms with Crippen LogP contribution >= 0.6 is 11.8 Å². The molecular formula is C18H23FN4OS. The number of carbonyl (C=O) groups excluding carboxylic acids is 1. The van der Waals surface area contributed by atoms with E-state index in [4.69, 9.17) is 0 Å². The lowest BCUT2D eigenvalue weighted by Gasteiger charge is -2.22. The van der Waals surface area contributed by atoms with E-state index in [2.05, 4.69) is 15.5 Å². The van der Waals surface area contributed by atoms with Gasteiger partial charge < -0.3 is 9.88 Å². The van der Waals surface area contributed by atoms with E-state index in [1.54, 1.807) is 22.8 Å². The summed E-state index contributed by atoms with van der Waals surface area (Å²) in [5.41, 5.74) is 0.430. The van der Waals surface area contributed by atoms with Crippen molar-refractivity contribution in [2.24, 2.45) is 7.05 Å². The molecule has 2 aromatic rings. The van der Waals surface area contributed by atoms with Gasteiger partial charge in [0.05, 0.1) is 5.56 Å². The Labute approximate surface area is 151 Å². The molecule has 7 heteroatoms. The number of benzene rings is 1. The van der Waals surface area contributed by atoms with E-state index in [1.165, 1.54) is 37.1 Å². The Morgan fingerprint density at radius 2 is 2.04 bits per heavy atom. The lowest BCUT2D eigenvalue weighted by atomic mass is 9.95. The first-order valence-electron chi connectivity index (χ1n) is 8.71. The second-order valence-electron chi connectivity index (χ2n) is 6.35. The topological polar surface area (TPSA) is 59.8 Å². The van der Waals surface area contributed by atoms with E-state index >= 15 is 0 Å². The Morgan fingerprint density at radius 1 is 1.28 bits per heavy atom. The van der Waals surface area contributed by atoms with Crippen molar-refractivity contribution in [3.63, 3.8) is 0 Å². The molecule has 1 aromatic heterocycles. The molecule has 1 N–H and O–H groups in total. The molecular weight excluding hydrogens is 339 g/mol. The molecule has 1 heterocycles. The second-order valence-corrected chi connectivity index (χ2v) is 7.41. The maximum Gasteiger partial charge on any atom is 0.221 e. The minimum absolute atomic E-state index is 0.0934. The summed E-state index contributed by atoms with van der Waals surface area (Å²) < 4.78 is 15.7. The number of nitrogens with zero attached hydrogens (tertiary/aromatic N) is 3. The summed E-state index contributed by atoms with van der Waals surface area (Å²) in [6.07, 6.45) is 6.32. The van der Waals surface area contributed by atoms with Gasteiger partial charge in [0.2, 0.25) is 5.91 Å². The number of halogens is 1. The Kier molecular flexibility index (Phi) is 6.07. The number of hydrogen-bond donors (Lipinski definition) is 1. The van der Waals surface area contributed by atoms with Crippen LogP contribution in [0.5, 0.6) is 0 Å². The molecule has 0 saturated heterocycles. The molecule has 25 heavy (non-hydrogen) atoms. The zero-order valence-electron chi connectivity index (χ0n) is 14.4. The molecule has 0 unspecified atom stereocenters. The fourth-order valence-electron chi connectivity index (χ4n) is 3.10. The van der Waals surface area contributed by atoms with Crippen LogP contribution in [0.1, 0.15) is 38.5 Å². The van der Waals surface area contributed by atoms with Crippen molar-refractivity contribution in [2.75, 3.05) is 5.75 Å². The van der Waals surface area contributed by atoms with Crippen LogP contribution in [0.4, 0.5) is 4.39 Å². The maximum atomic E-state index is 13.9. The third-order valence-corrected chi connectivity index (χ3v) is 5.50. The monoisotopic (exact) mass is 362 g/mol. The van der Waals surface area contributed by atoms with Gasteiger partial charge in [-0.05, 0) is 25.0 Å². The lowest BCUT2D eigenvalue weighted by Crippen LogP contribution is -2.36. The summed E-state index contributed by atoms with van der Waals surface area (Å²) in [7, 11) is 1.81. The Balaban J connectivity index is 1.52. The average Bonchev–Trinajstić information content (AvgIpc) is 2.97. The standard InChI is InChI=1S/C18H23FN4OS/c1-23-17(14-9-5-6-10-15(14)19)21-22-18(23)25-12-11-16(24)20-13-7-3-2-4-8-13/h5-6,9-10,13H,2-4,7-8,11-12H2,1H3,(H,20,24). The maximum absolute atomic E-state index is 13.9. The van der Waals surface area contributed by atoms with Gasteiger partial charge in [-0.2, -0.15) is 0 Å². The van der Waals surface area contributed by atoms with E-state index in [1.807, 2.05) is 7.05 Å². The fourth-order valence-corrected chi connectivity index (χ4v) is 3.95. The van der Waals surface area contributed by atoms with Crippen molar-refractivity contribution in [1.82, 2.24) is 20.1 Å². The number of rotatable bonds is 6. The van der Waals surface area contributed by atoms with Crippen molar-refractivity contribution in [2.45, 2.75) is 49.7 Å². The predicted octanol–water partition coefficient (Wildman–Crippen LogP) is 3.55. The first-order chi connectivity index (χ1) is 12.1. The van der Waals surface area contributed by atoms with Gasteiger partial charge in [0.15, 0.2) is 11.0 Å². The minimum Gasteiger partial charge on any atom is -0.353 e. The summed E-state index contributed by atoms with van der Waals surface area (Å²) >= 11 is 1.46. The first-order valence-corrected chi connectivity index (χ1v) is 9.70. The predicted molar refractivity (Wildman–Crippen MR) is 96.8 cm³/mol. The molecule has 1 aliphatic carbocycles. The zero-order valence-corrected chi connectivity index (χ0v) is 15.2. The van der Waals surface area contributed by atoms with Gasteiger partial charge in [-0.15, -0.1) is 10.2 Å². The smallest absolute Gasteiger partial charge is 0.221 e. The van der Waals surface area contributed by atoms with Crippen LogP contribution in [0.25, 0.3) is 11.4 Å². The third kappa shape index (κ3) is 4.60. The molecule has 0 atom stereocenters. The van der Waals surface area contributed by atoms with Crippen LogP contribution in [-0.2, 0) is 11.8 Å². The molecule has 1 aliphatic rings. The van der Waals surface area contributed by atoms with Gasteiger partial charge in [0, 0.05) is 25.3 Å². The van der Waals surface area contributed by atoms with Gasteiger partial charge >= 0.3 is 0 Å². The molecule has 1 fully saturated rings. The highest BCUT2D eigenvalue weighted by atomic mass is 32.2. The second kappa shape index (κ2) is 8.47. The summed E-state index contributed by atoms with van der Waals surface area (Å²) in [5.74, 6) is 0.895. The Hall–Kier alpha value is -1.89. The molecule has 1 saturated carbocycles. The number of nitrogens with one attached hydrogen (secondary N) is 1. The van der Waals surface area contributed by atoms with Gasteiger partial charge in [-0.25, -0.2) is 4.39 Å². The lowest BCUT2D eigenvalue weighted by molar-refractivity contribution is -0.121. The van der Waals surface area contributed by atoms with Crippen molar-refractivity contribution in [1.29, 1.82) is 0 Å². The van der Waals surface area contributed by atoms with Crippen molar-refractivity contribution in [3.05, 3.63) is 30.1 Å². The van der Waals surface area contributed by atoms with Crippen LogP contribution < -0.4 is 5.32 Å². The van der Waals surface area contributed by atoms with Crippen molar-refractivity contribution in [3.8, 4) is 11.4 Å². The summed E-state index contributed by atoms with van der Waals surface area (Å²) in [6, 6.07) is 6.86. The molecule has 134 valence electrons. The van der Waals surface area contributed by atoms with Crippen LogP contribution in [0.15, 0.2) is 29.4 Å². The number of thioether (sulfide) groups is 1. The normalized spacial score (nSPS) is 15.3. The summed E-state index contributed by atoms with van der Waals surface area (Å²) in [5, 5.41) is 12.0. The number of carbonyl (C=O) groups is 1. The molecule has 5 nitrogen and oxygen atoms in total. The Bertz CT molecular complexity index is 728. The highest BCUT2D eigenvalue weighted by Gasteiger charge is 2.17. The van der Waals surface area contributed by atoms with Gasteiger partial charge in [-0.3, -0.25) is 4.79 Å². The zero-order chi connectivity index (χ0) is 17.6. The number of hydrogen-bond acceptors (Lipinski definition) is 4. The van der Waals surface area contributed by atoms with Gasteiger partial charge in [0.1, 0.15) is 5.82 Å². The Morgan fingerprint density at radius 3 is 2.80 bits per heavy atom. The first kappa shape index (κ1) is 17.9. The fraction of sp³-hybridized carbons (Fsp3) is 0.500. The molecule has 1 aromatic carbocycles. The van der Waals surface area contributed by atoms with Crippen LogP contribution in [0.2, 0.25) is 0 Å². The van der Waals surface area contributed by atoms with Crippen LogP contribution in [-0.4, -0.2) is 32.5 Å². The van der Waals surface area contributed by atoms with E-state index in [9.17, 15) is 9.18 Å². The number of amides is 1. The summed E-state index contributed by atoms with van der Waals surface area (Å²) in [4.78, 5) is 12.0. The van der Waals surface area contributed by atoms with Crippen molar-refractivity contribution < 1.29 is 9.18 Å². The quantitative estimate of drug-likeness (QED) is 0.799. The average molecular weight is 362 g/mol. The van der Waals surface area contributed by atoms with E-state index in [0.29, 0.717) is 34.8 Å². The molecule has 3 rings (SSSR count). The largest absolute Gasteiger partial charge is 0.353 e. The SMILES string of the molecule is Cn1c(SCCC(=O)NC2CCCCC2)nnc1-c1ccccc1F. The highest BCUT2D eigenvalue weighted by molar-refractivity contribution is 7.99. The number of aromatic nitrogens is 3. The van der Waals surface area contributed by atoms with Crippen molar-refractivity contribution >= 4 is 17.7 Å². The third-order valence-electron chi connectivity index (χ3n) is 4.48. The summed E-state index contributed by atoms with van der Waals surface area (Å²) in [6.45, 7) is 0. The molecule has 0 radical (unpaired) electrons. The van der Waals surface area contributed by atoms with E-state index in [0.717, 1.165) is 12.8 Å². The van der Waals surface area contributed by atoms with Gasteiger partial charge in [0.25, 0.3) is 0 Å². The molecule has 0 bridgehead atoms. The highest BCUT2D eigenvalue weighted by Crippen LogP contribution is 2.25. The molecule has 0 aliphatic heterocycles. The van der Waals surface area contributed by atoms with Crippen LogP contribution in [0.3, 0.4) is 0 Å². The molecule has 1 amide bonds. The van der Waals surface area contributed by atoms with E-state index in [-0.39, 0.29) is 11.7 Å². The minimum atomic E-state index is -0.318. The van der Waals surface area contributed by atoms with Crippen LogP contribution in [0, 0.1) is 5.82 Å².